The maximum Gasteiger partial charge on any atom is 0.249 e. The van der Waals surface area contributed by atoms with E-state index >= 15 is 0 Å². The third kappa shape index (κ3) is 4.39. The molecule has 1 aromatic heterocycles. The first-order valence-corrected chi connectivity index (χ1v) is 7.83. The fraction of sp³-hybridized carbons (Fsp3) is 0.400. The van der Waals surface area contributed by atoms with Crippen LogP contribution in [-0.2, 0) is 0 Å². The van der Waals surface area contributed by atoms with E-state index in [0.717, 1.165) is 35.4 Å². The highest BCUT2D eigenvalue weighted by Gasteiger charge is 2.06. The van der Waals surface area contributed by atoms with Crippen LogP contribution in [0.5, 0.6) is 0 Å². The summed E-state index contributed by atoms with van der Waals surface area (Å²) >= 11 is 3.52. The van der Waals surface area contributed by atoms with Crippen molar-refractivity contribution in [1.82, 2.24) is 15.2 Å². The minimum absolute atomic E-state index is 0.506. The molecule has 2 aromatic rings. The predicted octanol–water partition coefficient (Wildman–Crippen LogP) is 3.92. The van der Waals surface area contributed by atoms with Crippen LogP contribution in [-0.4, -0.2) is 28.8 Å². The smallest absolute Gasteiger partial charge is 0.249 e. The summed E-state index contributed by atoms with van der Waals surface area (Å²) in [7, 11) is 2.02. The van der Waals surface area contributed by atoms with Crippen molar-refractivity contribution in [2.24, 2.45) is 0 Å². The van der Waals surface area contributed by atoms with Crippen LogP contribution in [0.3, 0.4) is 0 Å². The third-order valence-corrected chi connectivity index (χ3v) is 4.07. The number of hydrogen-bond acceptors (Lipinski definition) is 5. The van der Waals surface area contributed by atoms with Crippen LogP contribution in [0.15, 0.2) is 28.9 Å². The Kier molecular flexibility index (Phi) is 5.50. The van der Waals surface area contributed by atoms with Gasteiger partial charge >= 0.3 is 0 Å². The molecule has 0 fully saturated rings. The van der Waals surface area contributed by atoms with Crippen molar-refractivity contribution in [3.05, 3.63) is 34.4 Å². The number of nitrogens with one attached hydrogen (secondary N) is 1. The second kappa shape index (κ2) is 7.36. The molecule has 0 aliphatic carbocycles. The SMILES string of the molecule is CCCCN(C)c1cnnc(Nc2ccc(C)c(Br)c2)n1. The average molecular weight is 350 g/mol. The minimum atomic E-state index is 0.506. The summed E-state index contributed by atoms with van der Waals surface area (Å²) in [6, 6.07) is 6.04. The standard InChI is InChI=1S/C15H20BrN5/c1-4-5-8-21(3)14-10-17-20-15(19-14)18-12-7-6-11(2)13(16)9-12/h6-7,9-10H,4-5,8H2,1-3H3,(H,18,19,20). The molecule has 0 unspecified atom stereocenters. The van der Waals surface area contributed by atoms with Gasteiger partial charge in [-0.2, -0.15) is 10.1 Å². The first-order chi connectivity index (χ1) is 10.1. The molecule has 0 aliphatic heterocycles. The largest absolute Gasteiger partial charge is 0.358 e. The lowest BCUT2D eigenvalue weighted by Crippen LogP contribution is -2.20. The van der Waals surface area contributed by atoms with Crippen molar-refractivity contribution in [3.8, 4) is 0 Å². The summed E-state index contributed by atoms with van der Waals surface area (Å²) in [6.45, 7) is 5.19. The molecule has 0 radical (unpaired) electrons. The Balaban J connectivity index is 2.11. The molecule has 0 saturated carbocycles. The lowest BCUT2D eigenvalue weighted by Gasteiger charge is -2.17. The van der Waals surface area contributed by atoms with Crippen LogP contribution in [0.25, 0.3) is 0 Å². The molecule has 0 amide bonds. The number of nitrogens with zero attached hydrogens (tertiary/aromatic N) is 4. The normalized spacial score (nSPS) is 10.5. The molecule has 0 bridgehead atoms. The van der Waals surface area contributed by atoms with Crippen molar-refractivity contribution in [1.29, 1.82) is 0 Å². The molecule has 6 heteroatoms. The van der Waals surface area contributed by atoms with Gasteiger partial charge in [-0.05, 0) is 31.0 Å². The zero-order valence-electron chi connectivity index (χ0n) is 12.6. The predicted molar refractivity (Wildman–Crippen MR) is 90.2 cm³/mol. The number of aromatic nitrogens is 3. The van der Waals surface area contributed by atoms with Crippen LogP contribution in [0.4, 0.5) is 17.5 Å². The molecule has 5 nitrogen and oxygen atoms in total. The van der Waals surface area contributed by atoms with E-state index in [1.54, 1.807) is 6.20 Å². The monoisotopic (exact) mass is 349 g/mol. The van der Waals surface area contributed by atoms with Crippen LogP contribution in [0.2, 0.25) is 0 Å². The number of hydrogen-bond donors (Lipinski definition) is 1. The summed E-state index contributed by atoms with van der Waals surface area (Å²) in [5.41, 5.74) is 2.12. The number of rotatable bonds is 6. The summed E-state index contributed by atoms with van der Waals surface area (Å²) in [6.07, 6.45) is 3.98. The van der Waals surface area contributed by atoms with Gasteiger partial charge in [0, 0.05) is 23.8 Å². The molecule has 1 aromatic carbocycles. The Labute approximate surface area is 133 Å². The van der Waals surface area contributed by atoms with Gasteiger partial charge in [-0.1, -0.05) is 35.3 Å². The molecule has 0 aliphatic rings. The number of unbranched alkanes of at least 4 members (excludes halogenated alkanes) is 1. The van der Waals surface area contributed by atoms with Crippen LogP contribution in [0.1, 0.15) is 25.3 Å². The van der Waals surface area contributed by atoms with E-state index in [9.17, 15) is 0 Å². The molecule has 112 valence electrons. The maximum absolute atomic E-state index is 4.50. The molecular weight excluding hydrogens is 330 g/mol. The van der Waals surface area contributed by atoms with E-state index < -0.39 is 0 Å². The summed E-state index contributed by atoms with van der Waals surface area (Å²) in [5.74, 6) is 1.33. The van der Waals surface area contributed by atoms with Crippen LogP contribution in [0, 0.1) is 6.92 Å². The van der Waals surface area contributed by atoms with Gasteiger partial charge in [0.15, 0.2) is 5.82 Å². The van der Waals surface area contributed by atoms with E-state index in [-0.39, 0.29) is 0 Å². The van der Waals surface area contributed by atoms with Crippen molar-refractivity contribution >= 4 is 33.4 Å². The Morgan fingerprint density at radius 3 is 2.86 bits per heavy atom. The number of anilines is 3. The summed E-state index contributed by atoms with van der Waals surface area (Å²) in [5, 5.41) is 11.2. The molecular formula is C15H20BrN5. The second-order valence-corrected chi connectivity index (χ2v) is 5.86. The van der Waals surface area contributed by atoms with Gasteiger partial charge in [0.2, 0.25) is 5.95 Å². The Morgan fingerprint density at radius 1 is 1.33 bits per heavy atom. The molecule has 1 N–H and O–H groups in total. The number of benzene rings is 1. The number of halogens is 1. The van der Waals surface area contributed by atoms with Gasteiger partial charge in [0.1, 0.15) is 0 Å². The Bertz CT molecular complexity index is 602. The lowest BCUT2D eigenvalue weighted by atomic mass is 10.2. The van der Waals surface area contributed by atoms with Crippen molar-refractivity contribution in [2.75, 3.05) is 23.8 Å². The van der Waals surface area contributed by atoms with Gasteiger partial charge in [-0.15, -0.1) is 5.10 Å². The average Bonchev–Trinajstić information content (AvgIpc) is 2.49. The quantitative estimate of drug-likeness (QED) is 0.856. The second-order valence-electron chi connectivity index (χ2n) is 5.00. The van der Waals surface area contributed by atoms with Gasteiger partial charge in [0.25, 0.3) is 0 Å². The van der Waals surface area contributed by atoms with E-state index in [4.69, 9.17) is 0 Å². The van der Waals surface area contributed by atoms with E-state index in [2.05, 4.69) is 55.2 Å². The molecule has 2 rings (SSSR count). The van der Waals surface area contributed by atoms with Crippen molar-refractivity contribution in [2.45, 2.75) is 26.7 Å². The van der Waals surface area contributed by atoms with Crippen molar-refractivity contribution < 1.29 is 0 Å². The van der Waals surface area contributed by atoms with Crippen LogP contribution >= 0.6 is 15.9 Å². The summed E-state index contributed by atoms with van der Waals surface area (Å²) < 4.78 is 1.05. The fourth-order valence-corrected chi connectivity index (χ4v) is 2.22. The van der Waals surface area contributed by atoms with E-state index in [1.807, 2.05) is 25.2 Å². The van der Waals surface area contributed by atoms with E-state index in [0.29, 0.717) is 5.95 Å². The first kappa shape index (κ1) is 15.7. The first-order valence-electron chi connectivity index (χ1n) is 7.04. The summed E-state index contributed by atoms with van der Waals surface area (Å²) in [4.78, 5) is 6.59. The fourth-order valence-electron chi connectivity index (χ4n) is 1.84. The van der Waals surface area contributed by atoms with Crippen LogP contribution < -0.4 is 10.2 Å². The third-order valence-electron chi connectivity index (χ3n) is 3.21. The topological polar surface area (TPSA) is 53.9 Å². The Hall–Kier alpha value is -1.69. The lowest BCUT2D eigenvalue weighted by molar-refractivity contribution is 0.754. The Morgan fingerprint density at radius 2 is 2.14 bits per heavy atom. The molecule has 21 heavy (non-hydrogen) atoms. The van der Waals surface area contributed by atoms with Gasteiger partial charge in [-0.3, -0.25) is 0 Å². The molecule has 1 heterocycles. The molecule has 0 atom stereocenters. The van der Waals surface area contributed by atoms with E-state index in [1.165, 1.54) is 5.56 Å². The van der Waals surface area contributed by atoms with Gasteiger partial charge in [-0.25, -0.2) is 0 Å². The highest BCUT2D eigenvalue weighted by atomic mass is 79.9. The van der Waals surface area contributed by atoms with Gasteiger partial charge < -0.3 is 10.2 Å². The minimum Gasteiger partial charge on any atom is -0.358 e. The molecule has 0 saturated heterocycles. The van der Waals surface area contributed by atoms with Crippen molar-refractivity contribution in [3.63, 3.8) is 0 Å². The maximum atomic E-state index is 4.50. The van der Waals surface area contributed by atoms with Gasteiger partial charge in [0.05, 0.1) is 6.20 Å². The highest BCUT2D eigenvalue weighted by Crippen LogP contribution is 2.22. The highest BCUT2D eigenvalue weighted by molar-refractivity contribution is 9.10. The molecule has 0 spiro atoms. The zero-order chi connectivity index (χ0) is 15.2. The number of aryl methyl sites for hydroxylation is 1. The zero-order valence-corrected chi connectivity index (χ0v) is 14.2.